The first-order valence-electron chi connectivity index (χ1n) is 4.01. The predicted octanol–water partition coefficient (Wildman–Crippen LogP) is -1.73. The van der Waals surface area contributed by atoms with Crippen LogP contribution < -0.4 is 9.67 Å². The van der Waals surface area contributed by atoms with Crippen LogP contribution in [-0.2, 0) is 13.3 Å². The first kappa shape index (κ1) is 12.5. The third-order valence-corrected chi connectivity index (χ3v) is 3.69. The van der Waals surface area contributed by atoms with Gasteiger partial charge in [0.15, 0.2) is 0 Å². The van der Waals surface area contributed by atoms with E-state index < -0.39 is 26.0 Å². The molecule has 0 heterocycles. The normalized spacial score (nSPS) is 10.9. The van der Waals surface area contributed by atoms with Crippen molar-refractivity contribution in [2.45, 2.75) is 0 Å². The molecular weight excluding hydrogens is 281 g/mol. The second-order valence-corrected chi connectivity index (χ2v) is 6.22. The van der Waals surface area contributed by atoms with E-state index in [9.17, 15) is 13.3 Å². The van der Waals surface area contributed by atoms with Crippen molar-refractivity contribution in [2.75, 3.05) is 5.32 Å². The first-order valence-corrected chi connectivity index (χ1v) is 7.39. The molecule has 1 rings (SSSR count). The van der Waals surface area contributed by atoms with Crippen LogP contribution in [0.1, 0.15) is 0 Å². The second kappa shape index (κ2) is 4.52. The molecule has 8 heteroatoms. The fraction of sp³-hybridized carbons (Fsp3) is 0. The Labute approximate surface area is 92.7 Å². The zero-order chi connectivity index (χ0) is 12.3. The van der Waals surface area contributed by atoms with Crippen LogP contribution in [0.4, 0.5) is 5.69 Å². The molecule has 0 aliphatic carbocycles. The van der Waals surface area contributed by atoms with E-state index in [2.05, 4.69) is 0 Å². The van der Waals surface area contributed by atoms with Gasteiger partial charge in [-0.15, -0.1) is 0 Å². The summed E-state index contributed by atoms with van der Waals surface area (Å²) in [6, 6.07) is 4.71. The fourth-order valence-electron chi connectivity index (χ4n) is 0.924. The van der Waals surface area contributed by atoms with Gasteiger partial charge < -0.3 is 0 Å². The molecule has 0 fully saturated rings. The Hall–Kier alpha value is -1.56. The molecule has 1 aromatic rings. The number of hydrogen-bond acceptors (Lipinski definition) is 3. The molecule has 86 valence electrons. The molecule has 1 amide bonds. The molecule has 0 bridgehead atoms. The van der Waals surface area contributed by atoms with Crippen LogP contribution in [0.5, 0.6) is 0 Å². The van der Waals surface area contributed by atoms with Crippen molar-refractivity contribution in [3.63, 3.8) is 0 Å². The Morgan fingerprint density at radius 2 is 1.62 bits per heavy atom. The van der Waals surface area contributed by atoms with Gasteiger partial charge >= 0.3 is 92.3 Å². The molecule has 0 atom stereocenters. The van der Waals surface area contributed by atoms with Crippen LogP contribution in [0.2, 0.25) is 0 Å². The van der Waals surface area contributed by atoms with Crippen LogP contribution in [0.3, 0.4) is 0 Å². The van der Waals surface area contributed by atoms with Crippen LogP contribution in [0, 0.1) is 0 Å². The van der Waals surface area contributed by atoms with Gasteiger partial charge in [-0.1, -0.05) is 0 Å². The summed E-state index contributed by atoms with van der Waals surface area (Å²) < 4.78 is 28.4. The number of carbonyl (C=O) groups is 2. The Balaban J connectivity index is 2.84. The van der Waals surface area contributed by atoms with Crippen molar-refractivity contribution in [2.24, 2.45) is 0 Å². The quantitative estimate of drug-likeness (QED) is 0.379. The molecule has 1 aromatic carbocycles. The molecule has 0 aliphatic rings. The Bertz CT molecular complexity index is 462. The third-order valence-electron chi connectivity index (χ3n) is 1.66. The van der Waals surface area contributed by atoms with Crippen molar-refractivity contribution < 1.29 is 26.6 Å². The number of amides is 1. The van der Waals surface area contributed by atoms with Crippen molar-refractivity contribution in [3.05, 3.63) is 24.3 Å². The molecule has 0 unspecified atom stereocenters. The zero-order valence-electron chi connectivity index (χ0n) is 7.82. The third kappa shape index (κ3) is 3.23. The fourth-order valence-corrected chi connectivity index (χ4v) is 2.05. The summed E-state index contributed by atoms with van der Waals surface area (Å²) in [6.45, 7) is 0. The van der Waals surface area contributed by atoms with E-state index >= 15 is 0 Å². The predicted molar refractivity (Wildman–Crippen MR) is 53.2 cm³/mol. The van der Waals surface area contributed by atoms with Crippen molar-refractivity contribution >= 4 is 36.1 Å². The van der Waals surface area contributed by atoms with E-state index in [1.54, 1.807) is 0 Å². The average Bonchev–Trinajstić information content (AvgIpc) is 2.17. The van der Waals surface area contributed by atoms with Gasteiger partial charge in [0.05, 0.1) is 0 Å². The number of anilines is 1. The summed E-state index contributed by atoms with van der Waals surface area (Å²) >= 11 is -4.93. The van der Waals surface area contributed by atoms with E-state index in [0.29, 0.717) is 0 Å². The Kier molecular flexibility index (Phi) is 3.54. The monoisotopic (exact) mass is 289 g/mol. The molecule has 0 spiro atoms. The molecule has 0 saturated carbocycles. The summed E-state index contributed by atoms with van der Waals surface area (Å²) in [5.41, 5.74) is 0.153. The summed E-state index contributed by atoms with van der Waals surface area (Å²) in [7, 11) is 0. The van der Waals surface area contributed by atoms with Crippen LogP contribution in [0.25, 0.3) is 0 Å². The van der Waals surface area contributed by atoms with E-state index in [4.69, 9.17) is 13.3 Å². The van der Waals surface area contributed by atoms with Gasteiger partial charge in [-0.05, 0) is 0 Å². The molecule has 0 radical (unpaired) electrons. The van der Waals surface area contributed by atoms with Gasteiger partial charge in [-0.2, -0.15) is 0 Å². The van der Waals surface area contributed by atoms with Gasteiger partial charge in [-0.25, -0.2) is 0 Å². The average molecular weight is 289 g/mol. The van der Waals surface area contributed by atoms with Gasteiger partial charge in [0, 0.05) is 0 Å². The van der Waals surface area contributed by atoms with Crippen molar-refractivity contribution in [3.8, 4) is 0 Å². The number of carbonyl (C=O) groups excluding carboxylic acids is 1. The Morgan fingerprint density at radius 1 is 1.12 bits per heavy atom. The zero-order valence-corrected chi connectivity index (χ0v) is 9.70. The van der Waals surface area contributed by atoms with Crippen LogP contribution in [0.15, 0.2) is 24.3 Å². The molecule has 7 nitrogen and oxygen atoms in total. The van der Waals surface area contributed by atoms with Gasteiger partial charge in [-0.3, -0.25) is 0 Å². The first-order chi connectivity index (χ1) is 7.30. The molecule has 0 aliphatic heterocycles. The molecule has 0 saturated heterocycles. The SMILES string of the molecule is O=C(O)C(=O)Nc1ccc([As](=O)(O)O)cc1. The minimum atomic E-state index is -4.93. The van der Waals surface area contributed by atoms with Crippen LogP contribution >= 0.6 is 0 Å². The number of carboxylic acid groups (broad SMARTS) is 1. The van der Waals surface area contributed by atoms with Crippen molar-refractivity contribution in [1.82, 2.24) is 0 Å². The minimum absolute atomic E-state index is 0.147. The summed E-state index contributed by atoms with van der Waals surface area (Å²) in [6.07, 6.45) is 0. The number of hydrogen-bond donors (Lipinski definition) is 4. The summed E-state index contributed by atoms with van der Waals surface area (Å²) in [5.74, 6) is -2.85. The molecular formula is C8H8AsNO6. The van der Waals surface area contributed by atoms with E-state index in [1.807, 2.05) is 5.32 Å². The molecule has 16 heavy (non-hydrogen) atoms. The number of rotatable bonds is 2. The number of aliphatic carboxylic acids is 1. The maximum atomic E-state index is 10.8. The molecule has 4 N–H and O–H groups in total. The van der Waals surface area contributed by atoms with E-state index in [0.717, 1.165) is 12.1 Å². The number of benzene rings is 1. The van der Waals surface area contributed by atoms with Gasteiger partial charge in [0.2, 0.25) is 0 Å². The Morgan fingerprint density at radius 3 is 2.00 bits per heavy atom. The number of nitrogens with one attached hydrogen (secondary N) is 1. The standard InChI is InChI=1S/C8H8AsNO6/c11-7(8(12)13)10-6-3-1-5(2-4-6)9(14,15)16/h1-4H,(H,10,11)(H,12,13)(H2,14,15,16). The molecule has 0 aromatic heterocycles. The van der Waals surface area contributed by atoms with E-state index in [-0.39, 0.29) is 10.0 Å². The summed E-state index contributed by atoms with van der Waals surface area (Å²) in [4.78, 5) is 20.9. The maximum absolute atomic E-state index is 10.8. The van der Waals surface area contributed by atoms with Crippen LogP contribution in [-0.4, -0.2) is 39.3 Å². The second-order valence-electron chi connectivity index (χ2n) is 2.85. The van der Waals surface area contributed by atoms with Gasteiger partial charge in [0.25, 0.3) is 0 Å². The van der Waals surface area contributed by atoms with Crippen molar-refractivity contribution in [1.29, 1.82) is 0 Å². The van der Waals surface area contributed by atoms with E-state index in [1.165, 1.54) is 12.1 Å². The number of carboxylic acids is 1. The summed E-state index contributed by atoms with van der Waals surface area (Å²) in [5, 5.41) is 10.3. The van der Waals surface area contributed by atoms with Gasteiger partial charge in [0.1, 0.15) is 0 Å². The topological polar surface area (TPSA) is 124 Å².